The van der Waals surface area contributed by atoms with Crippen molar-refractivity contribution in [2.45, 2.75) is 26.0 Å². The van der Waals surface area contributed by atoms with E-state index in [1.165, 1.54) is 0 Å². The SMILES string of the molecule is CNC(C)CNCC(C)OC. The molecule has 0 amide bonds. The molecule has 3 nitrogen and oxygen atoms in total. The number of hydrogen-bond acceptors (Lipinski definition) is 3. The van der Waals surface area contributed by atoms with E-state index in [0.717, 1.165) is 13.1 Å². The average molecular weight is 160 g/mol. The lowest BCUT2D eigenvalue weighted by molar-refractivity contribution is 0.117. The molecular weight excluding hydrogens is 140 g/mol. The Labute approximate surface area is 69.5 Å². The van der Waals surface area contributed by atoms with E-state index in [4.69, 9.17) is 4.74 Å². The summed E-state index contributed by atoms with van der Waals surface area (Å²) in [6, 6.07) is 0.527. The van der Waals surface area contributed by atoms with Gasteiger partial charge in [0.05, 0.1) is 6.10 Å². The van der Waals surface area contributed by atoms with Crippen LogP contribution < -0.4 is 10.6 Å². The van der Waals surface area contributed by atoms with Crippen LogP contribution in [-0.2, 0) is 4.74 Å². The number of nitrogens with one attached hydrogen (secondary N) is 2. The Hall–Kier alpha value is -0.120. The van der Waals surface area contributed by atoms with Crippen LogP contribution in [0.5, 0.6) is 0 Å². The molecule has 0 aromatic heterocycles. The number of methoxy groups -OCH3 is 1. The van der Waals surface area contributed by atoms with Gasteiger partial charge in [0.25, 0.3) is 0 Å². The fraction of sp³-hybridized carbons (Fsp3) is 1.00. The van der Waals surface area contributed by atoms with Gasteiger partial charge >= 0.3 is 0 Å². The van der Waals surface area contributed by atoms with E-state index in [1.807, 2.05) is 7.05 Å². The molecule has 0 heterocycles. The van der Waals surface area contributed by atoms with Gasteiger partial charge < -0.3 is 15.4 Å². The molecule has 3 heteroatoms. The number of hydrogen-bond donors (Lipinski definition) is 2. The lowest BCUT2D eigenvalue weighted by Gasteiger charge is -2.14. The molecule has 0 spiro atoms. The smallest absolute Gasteiger partial charge is 0.0667 e. The fourth-order valence-corrected chi connectivity index (χ4v) is 0.688. The van der Waals surface area contributed by atoms with Crippen molar-refractivity contribution in [3.63, 3.8) is 0 Å². The lowest BCUT2D eigenvalue weighted by Crippen LogP contribution is -2.37. The van der Waals surface area contributed by atoms with E-state index in [-0.39, 0.29) is 0 Å². The van der Waals surface area contributed by atoms with Crippen LogP contribution in [-0.4, -0.2) is 39.4 Å². The zero-order chi connectivity index (χ0) is 8.69. The second-order valence-corrected chi connectivity index (χ2v) is 2.89. The van der Waals surface area contributed by atoms with Crippen LogP contribution in [0.2, 0.25) is 0 Å². The third kappa shape index (κ3) is 6.28. The van der Waals surface area contributed by atoms with Crippen molar-refractivity contribution in [1.82, 2.24) is 10.6 Å². The second-order valence-electron chi connectivity index (χ2n) is 2.89. The molecule has 0 aromatic carbocycles. The van der Waals surface area contributed by atoms with Crippen molar-refractivity contribution >= 4 is 0 Å². The normalized spacial score (nSPS) is 16.4. The largest absolute Gasteiger partial charge is 0.380 e. The van der Waals surface area contributed by atoms with E-state index in [1.54, 1.807) is 7.11 Å². The molecule has 0 radical (unpaired) electrons. The standard InChI is InChI=1S/C8H20N2O/c1-7(9-3)5-10-6-8(2)11-4/h7-10H,5-6H2,1-4H3. The van der Waals surface area contributed by atoms with Gasteiger partial charge in [-0.15, -0.1) is 0 Å². The van der Waals surface area contributed by atoms with Crippen LogP contribution in [0.3, 0.4) is 0 Å². The summed E-state index contributed by atoms with van der Waals surface area (Å²) in [5, 5.41) is 6.45. The maximum Gasteiger partial charge on any atom is 0.0667 e. The minimum absolute atomic E-state index is 0.305. The predicted molar refractivity (Wildman–Crippen MR) is 47.9 cm³/mol. The van der Waals surface area contributed by atoms with Crippen LogP contribution in [0.25, 0.3) is 0 Å². The van der Waals surface area contributed by atoms with E-state index >= 15 is 0 Å². The molecule has 0 saturated heterocycles. The Morgan fingerprint density at radius 3 is 2.36 bits per heavy atom. The first kappa shape index (κ1) is 10.9. The third-order valence-corrected chi connectivity index (χ3v) is 1.78. The van der Waals surface area contributed by atoms with Gasteiger partial charge in [-0.2, -0.15) is 0 Å². The molecule has 2 atom stereocenters. The first-order valence-electron chi connectivity index (χ1n) is 4.11. The van der Waals surface area contributed by atoms with Crippen LogP contribution in [0.15, 0.2) is 0 Å². The molecule has 0 aliphatic carbocycles. The molecule has 0 fully saturated rings. The van der Waals surface area contributed by atoms with Crippen molar-refractivity contribution in [2.75, 3.05) is 27.2 Å². The zero-order valence-electron chi connectivity index (χ0n) is 7.98. The van der Waals surface area contributed by atoms with Crippen LogP contribution in [0.4, 0.5) is 0 Å². The number of rotatable bonds is 6. The zero-order valence-corrected chi connectivity index (χ0v) is 7.98. The molecule has 0 aromatic rings. The van der Waals surface area contributed by atoms with Crippen LogP contribution >= 0.6 is 0 Å². The predicted octanol–water partition coefficient (Wildman–Crippen LogP) is 0.219. The monoisotopic (exact) mass is 160 g/mol. The Balaban J connectivity index is 3.13. The molecule has 11 heavy (non-hydrogen) atoms. The summed E-state index contributed by atoms with van der Waals surface area (Å²) in [5.74, 6) is 0. The van der Waals surface area contributed by atoms with Crippen molar-refractivity contribution in [2.24, 2.45) is 0 Å². The molecule has 68 valence electrons. The van der Waals surface area contributed by atoms with Crippen molar-refractivity contribution in [3.05, 3.63) is 0 Å². The van der Waals surface area contributed by atoms with Gasteiger partial charge in [0.1, 0.15) is 0 Å². The molecule has 0 aliphatic heterocycles. The minimum Gasteiger partial charge on any atom is -0.380 e. The topological polar surface area (TPSA) is 33.3 Å². The highest BCUT2D eigenvalue weighted by atomic mass is 16.5. The van der Waals surface area contributed by atoms with Gasteiger partial charge in [0.2, 0.25) is 0 Å². The molecule has 2 unspecified atom stereocenters. The molecule has 0 aliphatic rings. The Morgan fingerprint density at radius 2 is 1.91 bits per heavy atom. The first-order valence-corrected chi connectivity index (χ1v) is 4.11. The molecule has 2 N–H and O–H groups in total. The number of ether oxygens (including phenoxy) is 1. The molecule has 0 saturated carbocycles. The second kappa shape index (κ2) is 6.58. The Kier molecular flexibility index (Phi) is 6.51. The maximum atomic E-state index is 5.08. The third-order valence-electron chi connectivity index (χ3n) is 1.78. The van der Waals surface area contributed by atoms with Crippen LogP contribution in [0.1, 0.15) is 13.8 Å². The van der Waals surface area contributed by atoms with Gasteiger partial charge in [-0.25, -0.2) is 0 Å². The summed E-state index contributed by atoms with van der Waals surface area (Å²) in [7, 11) is 3.69. The van der Waals surface area contributed by atoms with Gasteiger partial charge in [-0.1, -0.05) is 0 Å². The van der Waals surface area contributed by atoms with Crippen molar-refractivity contribution < 1.29 is 4.74 Å². The van der Waals surface area contributed by atoms with Gasteiger partial charge in [0, 0.05) is 26.2 Å². The summed E-state index contributed by atoms with van der Waals surface area (Å²) in [4.78, 5) is 0. The van der Waals surface area contributed by atoms with E-state index in [2.05, 4.69) is 24.5 Å². The number of likely N-dealkylation sites (N-methyl/N-ethyl adjacent to an activating group) is 1. The van der Waals surface area contributed by atoms with E-state index < -0.39 is 0 Å². The highest BCUT2D eigenvalue weighted by Gasteiger charge is 1.99. The Morgan fingerprint density at radius 1 is 1.27 bits per heavy atom. The minimum atomic E-state index is 0.305. The highest BCUT2D eigenvalue weighted by molar-refractivity contribution is 4.62. The van der Waals surface area contributed by atoms with Gasteiger partial charge in [-0.3, -0.25) is 0 Å². The first-order chi connectivity index (χ1) is 5.20. The van der Waals surface area contributed by atoms with E-state index in [0.29, 0.717) is 12.1 Å². The fourth-order valence-electron chi connectivity index (χ4n) is 0.688. The molecule has 0 bridgehead atoms. The average Bonchev–Trinajstić information content (AvgIpc) is 2.04. The van der Waals surface area contributed by atoms with Gasteiger partial charge in [-0.05, 0) is 20.9 Å². The van der Waals surface area contributed by atoms with Crippen molar-refractivity contribution in [1.29, 1.82) is 0 Å². The molecule has 0 rings (SSSR count). The highest BCUT2D eigenvalue weighted by Crippen LogP contribution is 1.83. The molecular formula is C8H20N2O. The summed E-state index contributed by atoms with van der Waals surface area (Å²) in [6.07, 6.45) is 0.305. The van der Waals surface area contributed by atoms with Gasteiger partial charge in [0.15, 0.2) is 0 Å². The quantitative estimate of drug-likeness (QED) is 0.583. The van der Waals surface area contributed by atoms with Crippen molar-refractivity contribution in [3.8, 4) is 0 Å². The summed E-state index contributed by atoms with van der Waals surface area (Å²) < 4.78 is 5.08. The Bertz CT molecular complexity index is 78.2. The summed E-state index contributed by atoms with van der Waals surface area (Å²) >= 11 is 0. The lowest BCUT2D eigenvalue weighted by atomic mass is 10.3. The summed E-state index contributed by atoms with van der Waals surface area (Å²) in [6.45, 7) is 6.11. The van der Waals surface area contributed by atoms with E-state index in [9.17, 15) is 0 Å². The van der Waals surface area contributed by atoms with Crippen LogP contribution in [0, 0.1) is 0 Å². The maximum absolute atomic E-state index is 5.08. The summed E-state index contributed by atoms with van der Waals surface area (Å²) in [5.41, 5.74) is 0.